The van der Waals surface area contributed by atoms with Crippen LogP contribution in [0.15, 0.2) is 12.3 Å². The molecule has 0 spiro atoms. The molecule has 0 unspecified atom stereocenters. The predicted molar refractivity (Wildman–Crippen MR) is 76.0 cm³/mol. The van der Waals surface area contributed by atoms with Crippen LogP contribution in [0.25, 0.3) is 5.65 Å². The quantitative estimate of drug-likeness (QED) is 0.818. The molecule has 3 heterocycles. The van der Waals surface area contributed by atoms with Crippen LogP contribution in [0.3, 0.4) is 0 Å². The summed E-state index contributed by atoms with van der Waals surface area (Å²) >= 11 is 0. The Labute approximate surface area is 122 Å². The topological polar surface area (TPSA) is 79.6 Å². The van der Waals surface area contributed by atoms with Crippen molar-refractivity contribution in [3.8, 4) is 0 Å². The average Bonchev–Trinajstić information content (AvgIpc) is 2.69. The number of rotatable bonds is 1. The van der Waals surface area contributed by atoms with Gasteiger partial charge in [0.2, 0.25) is 5.91 Å². The van der Waals surface area contributed by atoms with Crippen molar-refractivity contribution in [1.82, 2.24) is 24.8 Å². The van der Waals surface area contributed by atoms with Crippen LogP contribution in [-0.2, 0) is 4.79 Å². The lowest BCUT2D eigenvalue weighted by atomic mass is 10.2. The highest BCUT2D eigenvalue weighted by Gasteiger charge is 2.23. The first-order valence-corrected chi connectivity index (χ1v) is 6.94. The lowest BCUT2D eigenvalue weighted by Crippen LogP contribution is -2.37. The molecule has 110 valence electrons. The van der Waals surface area contributed by atoms with Gasteiger partial charge in [-0.25, -0.2) is 9.50 Å². The molecule has 0 aromatic carbocycles. The standard InChI is InChI=1S/C14H17N5O2/c1-9-6-12-16-7-11(10(2)19(12)17-9)14(21)18-5-3-4-15-13(20)8-18/h6-7H,3-5,8H2,1-2H3,(H,15,20). The number of hydrogen-bond donors (Lipinski definition) is 1. The highest BCUT2D eigenvalue weighted by molar-refractivity contribution is 5.97. The van der Waals surface area contributed by atoms with Gasteiger partial charge in [-0.05, 0) is 20.3 Å². The van der Waals surface area contributed by atoms with Crippen LogP contribution in [0.1, 0.15) is 28.2 Å². The Morgan fingerprint density at radius 3 is 3.00 bits per heavy atom. The third kappa shape index (κ3) is 2.46. The maximum atomic E-state index is 12.6. The summed E-state index contributed by atoms with van der Waals surface area (Å²) in [5.74, 6) is -0.297. The fourth-order valence-corrected chi connectivity index (χ4v) is 2.52. The summed E-state index contributed by atoms with van der Waals surface area (Å²) in [6, 6.07) is 1.86. The number of carbonyl (C=O) groups is 2. The Morgan fingerprint density at radius 2 is 2.19 bits per heavy atom. The third-order valence-electron chi connectivity index (χ3n) is 3.63. The van der Waals surface area contributed by atoms with E-state index in [1.54, 1.807) is 15.6 Å². The summed E-state index contributed by atoms with van der Waals surface area (Å²) in [6.07, 6.45) is 2.32. The molecular formula is C14H17N5O2. The smallest absolute Gasteiger partial charge is 0.257 e. The van der Waals surface area contributed by atoms with Crippen molar-refractivity contribution in [2.75, 3.05) is 19.6 Å². The molecule has 7 nitrogen and oxygen atoms in total. The molecule has 2 aromatic heterocycles. The lowest BCUT2D eigenvalue weighted by Gasteiger charge is -2.19. The number of amides is 2. The largest absolute Gasteiger partial charge is 0.354 e. The van der Waals surface area contributed by atoms with E-state index in [1.807, 2.05) is 19.9 Å². The van der Waals surface area contributed by atoms with E-state index >= 15 is 0 Å². The molecule has 1 saturated heterocycles. The predicted octanol–water partition coefficient (Wildman–Crippen LogP) is 0.308. The zero-order valence-corrected chi connectivity index (χ0v) is 12.1. The van der Waals surface area contributed by atoms with Gasteiger partial charge < -0.3 is 10.2 Å². The molecule has 1 N–H and O–H groups in total. The van der Waals surface area contributed by atoms with E-state index in [4.69, 9.17) is 0 Å². The molecule has 0 saturated carbocycles. The van der Waals surface area contributed by atoms with Gasteiger partial charge in [0.1, 0.15) is 0 Å². The number of carbonyl (C=O) groups excluding carboxylic acids is 2. The second kappa shape index (κ2) is 5.16. The molecule has 21 heavy (non-hydrogen) atoms. The van der Waals surface area contributed by atoms with Crippen LogP contribution in [0.5, 0.6) is 0 Å². The van der Waals surface area contributed by atoms with Gasteiger partial charge >= 0.3 is 0 Å². The van der Waals surface area contributed by atoms with Crippen LogP contribution < -0.4 is 5.32 Å². The zero-order chi connectivity index (χ0) is 15.0. The number of fused-ring (bicyclic) bond motifs is 1. The first kappa shape index (κ1) is 13.5. The van der Waals surface area contributed by atoms with Crippen molar-refractivity contribution in [2.24, 2.45) is 0 Å². The molecule has 0 bridgehead atoms. The molecule has 1 aliphatic heterocycles. The van der Waals surface area contributed by atoms with Gasteiger partial charge in [-0.2, -0.15) is 5.10 Å². The maximum absolute atomic E-state index is 12.6. The van der Waals surface area contributed by atoms with Crippen molar-refractivity contribution < 1.29 is 9.59 Å². The summed E-state index contributed by atoms with van der Waals surface area (Å²) in [5.41, 5.74) is 2.79. The molecule has 2 amide bonds. The Bertz CT molecular complexity index is 721. The van der Waals surface area contributed by atoms with Crippen molar-refractivity contribution in [2.45, 2.75) is 20.3 Å². The summed E-state index contributed by atoms with van der Waals surface area (Å²) in [7, 11) is 0. The maximum Gasteiger partial charge on any atom is 0.257 e. The first-order valence-electron chi connectivity index (χ1n) is 6.94. The van der Waals surface area contributed by atoms with Crippen molar-refractivity contribution >= 4 is 17.5 Å². The summed E-state index contributed by atoms with van der Waals surface area (Å²) in [5, 5.41) is 7.10. The Balaban J connectivity index is 1.97. The molecule has 3 rings (SSSR count). The summed E-state index contributed by atoms with van der Waals surface area (Å²) < 4.78 is 1.67. The highest BCUT2D eigenvalue weighted by Crippen LogP contribution is 2.14. The number of aryl methyl sites for hydroxylation is 2. The third-order valence-corrected chi connectivity index (χ3v) is 3.63. The molecular weight excluding hydrogens is 270 g/mol. The van der Waals surface area contributed by atoms with E-state index in [2.05, 4.69) is 15.4 Å². The van der Waals surface area contributed by atoms with E-state index in [1.165, 1.54) is 0 Å². The van der Waals surface area contributed by atoms with Crippen molar-refractivity contribution in [3.05, 3.63) is 29.2 Å². The molecule has 0 radical (unpaired) electrons. The molecule has 1 aliphatic rings. The minimum atomic E-state index is -0.174. The van der Waals surface area contributed by atoms with Crippen molar-refractivity contribution in [3.63, 3.8) is 0 Å². The number of nitrogens with one attached hydrogen (secondary N) is 1. The minimum Gasteiger partial charge on any atom is -0.354 e. The van der Waals surface area contributed by atoms with E-state index < -0.39 is 0 Å². The van der Waals surface area contributed by atoms with Gasteiger partial charge in [0.15, 0.2) is 5.65 Å². The van der Waals surface area contributed by atoms with E-state index in [0.29, 0.717) is 18.7 Å². The van der Waals surface area contributed by atoms with Crippen LogP contribution in [-0.4, -0.2) is 50.9 Å². The van der Waals surface area contributed by atoms with Gasteiger partial charge in [-0.3, -0.25) is 9.59 Å². The zero-order valence-electron chi connectivity index (χ0n) is 12.1. The summed E-state index contributed by atoms with van der Waals surface area (Å²) in [4.78, 5) is 30.1. The first-order chi connectivity index (χ1) is 10.1. The number of aromatic nitrogens is 3. The number of nitrogens with zero attached hydrogens (tertiary/aromatic N) is 4. The Hall–Kier alpha value is -2.44. The van der Waals surface area contributed by atoms with Gasteiger partial charge in [-0.15, -0.1) is 0 Å². The van der Waals surface area contributed by atoms with Gasteiger partial charge in [0.25, 0.3) is 5.91 Å². The van der Waals surface area contributed by atoms with Crippen LogP contribution >= 0.6 is 0 Å². The SMILES string of the molecule is Cc1cc2ncc(C(=O)N3CCCNC(=O)C3)c(C)n2n1. The van der Waals surface area contributed by atoms with E-state index in [9.17, 15) is 9.59 Å². The molecule has 2 aromatic rings. The molecule has 7 heteroatoms. The van der Waals surface area contributed by atoms with E-state index in [0.717, 1.165) is 23.5 Å². The highest BCUT2D eigenvalue weighted by atomic mass is 16.2. The van der Waals surface area contributed by atoms with E-state index in [-0.39, 0.29) is 18.4 Å². The Kier molecular flexibility index (Phi) is 3.32. The minimum absolute atomic E-state index is 0.0917. The normalized spacial score (nSPS) is 15.9. The fourth-order valence-electron chi connectivity index (χ4n) is 2.52. The summed E-state index contributed by atoms with van der Waals surface area (Å²) in [6.45, 7) is 4.99. The average molecular weight is 287 g/mol. The Morgan fingerprint density at radius 1 is 1.38 bits per heavy atom. The molecule has 0 aliphatic carbocycles. The lowest BCUT2D eigenvalue weighted by molar-refractivity contribution is -0.121. The molecule has 1 fully saturated rings. The second-order valence-corrected chi connectivity index (χ2v) is 5.24. The molecule has 0 atom stereocenters. The second-order valence-electron chi connectivity index (χ2n) is 5.24. The monoisotopic (exact) mass is 287 g/mol. The van der Waals surface area contributed by atoms with Gasteiger partial charge in [-0.1, -0.05) is 0 Å². The van der Waals surface area contributed by atoms with Gasteiger partial charge in [0.05, 0.1) is 23.5 Å². The van der Waals surface area contributed by atoms with Crippen LogP contribution in [0, 0.1) is 13.8 Å². The number of hydrogen-bond acceptors (Lipinski definition) is 4. The van der Waals surface area contributed by atoms with Crippen molar-refractivity contribution in [1.29, 1.82) is 0 Å². The van der Waals surface area contributed by atoms with Gasteiger partial charge in [0, 0.05) is 25.4 Å². The fraction of sp³-hybridized carbons (Fsp3) is 0.429. The van der Waals surface area contributed by atoms with Crippen LogP contribution in [0.2, 0.25) is 0 Å². The van der Waals surface area contributed by atoms with Crippen LogP contribution in [0.4, 0.5) is 0 Å².